The Morgan fingerprint density at radius 1 is 0.853 bits per heavy atom. The minimum Gasteiger partial charge on any atom is -0.316 e. The lowest BCUT2D eigenvalue weighted by atomic mass is 9.94. The standard InChI is InChI=1S/C30H22N2S2/c1-4-10-19(3)25-26-21-11-6-8-13-23(21)33-29(26)27-22-12-7-9-14-24(22)34-30(27)28(25)32(5-2)20-15-17-31-18-16-20/h4-18H,2-3H2,1H3/b10-4-. The summed E-state index contributed by atoms with van der Waals surface area (Å²) in [6.07, 6.45) is 9.73. The molecule has 4 heteroatoms. The van der Waals surface area contributed by atoms with E-state index < -0.39 is 0 Å². The maximum absolute atomic E-state index is 4.53. The zero-order chi connectivity index (χ0) is 23.2. The molecule has 0 N–H and O–H groups in total. The van der Waals surface area contributed by atoms with Gasteiger partial charge in [-0.15, -0.1) is 22.7 Å². The average Bonchev–Trinajstić information content (AvgIpc) is 3.44. The van der Waals surface area contributed by atoms with Gasteiger partial charge in [-0.05, 0) is 36.8 Å². The first-order valence-corrected chi connectivity index (χ1v) is 12.8. The van der Waals surface area contributed by atoms with Gasteiger partial charge in [-0.1, -0.05) is 61.7 Å². The number of hydrogen-bond acceptors (Lipinski definition) is 4. The highest BCUT2D eigenvalue weighted by molar-refractivity contribution is 7.30. The monoisotopic (exact) mass is 474 g/mol. The van der Waals surface area contributed by atoms with Crippen LogP contribution < -0.4 is 4.90 Å². The molecule has 0 aliphatic carbocycles. The summed E-state index contributed by atoms with van der Waals surface area (Å²) < 4.78 is 5.13. The Hall–Kier alpha value is -3.73. The summed E-state index contributed by atoms with van der Waals surface area (Å²) in [6, 6.07) is 21.5. The van der Waals surface area contributed by atoms with Gasteiger partial charge in [0.25, 0.3) is 0 Å². The number of pyridine rings is 1. The van der Waals surface area contributed by atoms with Gasteiger partial charge in [0.1, 0.15) is 0 Å². The van der Waals surface area contributed by atoms with Gasteiger partial charge in [-0.2, -0.15) is 0 Å². The predicted molar refractivity (Wildman–Crippen MR) is 153 cm³/mol. The quantitative estimate of drug-likeness (QED) is 0.231. The number of anilines is 2. The molecule has 0 radical (unpaired) electrons. The van der Waals surface area contributed by atoms with Crippen LogP contribution >= 0.6 is 22.7 Å². The van der Waals surface area contributed by atoms with Crippen molar-refractivity contribution in [2.24, 2.45) is 0 Å². The topological polar surface area (TPSA) is 16.1 Å². The summed E-state index contributed by atoms with van der Waals surface area (Å²) in [5.74, 6) is 0. The van der Waals surface area contributed by atoms with Gasteiger partial charge in [-0.3, -0.25) is 4.98 Å². The van der Waals surface area contributed by atoms with Crippen LogP contribution in [0.15, 0.2) is 105 Å². The first-order valence-electron chi connectivity index (χ1n) is 11.1. The lowest BCUT2D eigenvalue weighted by molar-refractivity contribution is 1.25. The highest BCUT2D eigenvalue weighted by Crippen LogP contribution is 2.53. The van der Waals surface area contributed by atoms with Crippen LogP contribution in [0.4, 0.5) is 11.4 Å². The summed E-state index contributed by atoms with van der Waals surface area (Å²) in [4.78, 5) is 6.43. The highest BCUT2D eigenvalue weighted by Gasteiger charge is 2.25. The van der Waals surface area contributed by atoms with Gasteiger partial charge >= 0.3 is 0 Å². The fourth-order valence-electron chi connectivity index (χ4n) is 4.80. The molecule has 6 aromatic rings. The van der Waals surface area contributed by atoms with Gasteiger partial charge in [0, 0.05) is 65.5 Å². The Labute approximate surface area is 206 Å². The summed E-state index contributed by atoms with van der Waals surface area (Å²) in [5, 5.41) is 5.13. The molecular weight excluding hydrogens is 452 g/mol. The van der Waals surface area contributed by atoms with Crippen molar-refractivity contribution in [3.05, 3.63) is 110 Å². The van der Waals surface area contributed by atoms with E-state index in [-0.39, 0.29) is 0 Å². The number of nitrogens with zero attached hydrogens (tertiary/aromatic N) is 2. The van der Waals surface area contributed by atoms with E-state index in [1.807, 2.05) is 60.3 Å². The largest absolute Gasteiger partial charge is 0.316 e. The summed E-state index contributed by atoms with van der Waals surface area (Å²) in [7, 11) is 0. The summed E-state index contributed by atoms with van der Waals surface area (Å²) in [6.45, 7) is 10.8. The van der Waals surface area contributed by atoms with Crippen LogP contribution in [0.25, 0.3) is 45.9 Å². The summed E-state index contributed by atoms with van der Waals surface area (Å²) >= 11 is 3.71. The molecule has 0 saturated heterocycles. The molecule has 0 fully saturated rings. The second-order valence-electron chi connectivity index (χ2n) is 8.11. The van der Waals surface area contributed by atoms with E-state index in [4.69, 9.17) is 0 Å². The Balaban J connectivity index is 1.92. The van der Waals surface area contributed by atoms with Gasteiger partial charge in [-0.25, -0.2) is 0 Å². The van der Waals surface area contributed by atoms with Crippen LogP contribution in [0.3, 0.4) is 0 Å². The number of hydrogen-bond donors (Lipinski definition) is 0. The molecule has 0 saturated carbocycles. The molecule has 0 amide bonds. The molecule has 164 valence electrons. The predicted octanol–water partition coefficient (Wildman–Crippen LogP) is 9.69. The van der Waals surface area contributed by atoms with Gasteiger partial charge in [0.2, 0.25) is 0 Å². The van der Waals surface area contributed by atoms with Crippen molar-refractivity contribution in [3.8, 4) is 0 Å². The first kappa shape index (κ1) is 20.8. The SMILES string of the molecule is C=CN(c1ccncc1)c1c(C(=C)/C=C\C)c2c3ccccc3sc2c2c1sc1ccccc12. The molecule has 0 aliphatic rings. The van der Waals surface area contributed by atoms with E-state index >= 15 is 0 Å². The van der Waals surface area contributed by atoms with Crippen molar-refractivity contribution in [3.63, 3.8) is 0 Å². The van der Waals surface area contributed by atoms with Crippen LogP contribution in [0.2, 0.25) is 0 Å². The number of aromatic nitrogens is 1. The zero-order valence-electron chi connectivity index (χ0n) is 18.8. The fourth-order valence-corrected chi connectivity index (χ4v) is 7.39. The Bertz CT molecular complexity index is 1750. The number of fused-ring (bicyclic) bond motifs is 7. The fraction of sp³-hybridized carbons (Fsp3) is 0.0333. The first-order chi connectivity index (χ1) is 16.7. The van der Waals surface area contributed by atoms with Crippen LogP contribution in [0.5, 0.6) is 0 Å². The molecule has 2 nitrogen and oxygen atoms in total. The van der Waals surface area contributed by atoms with Crippen molar-refractivity contribution in [1.29, 1.82) is 0 Å². The molecule has 34 heavy (non-hydrogen) atoms. The molecule has 0 spiro atoms. The van der Waals surface area contributed by atoms with Crippen molar-refractivity contribution in [2.75, 3.05) is 4.90 Å². The van der Waals surface area contributed by atoms with Crippen molar-refractivity contribution < 1.29 is 0 Å². The third-order valence-electron chi connectivity index (χ3n) is 6.17. The number of thiophene rings is 2. The van der Waals surface area contributed by atoms with Crippen LogP contribution in [-0.2, 0) is 0 Å². The number of rotatable bonds is 5. The lowest BCUT2D eigenvalue weighted by Crippen LogP contribution is -2.10. The van der Waals surface area contributed by atoms with Crippen LogP contribution in [-0.4, -0.2) is 4.98 Å². The second-order valence-corrected chi connectivity index (χ2v) is 10.2. The molecular formula is C30H22N2S2. The highest BCUT2D eigenvalue weighted by atomic mass is 32.1. The van der Waals surface area contributed by atoms with Crippen LogP contribution in [0, 0.1) is 0 Å². The minimum atomic E-state index is 0.992. The molecule has 3 aromatic carbocycles. The second kappa shape index (κ2) is 8.24. The third kappa shape index (κ3) is 3.03. The average molecular weight is 475 g/mol. The molecule has 0 aliphatic heterocycles. The van der Waals surface area contributed by atoms with E-state index in [1.165, 1.54) is 40.3 Å². The zero-order valence-corrected chi connectivity index (χ0v) is 20.4. The van der Waals surface area contributed by atoms with Crippen molar-refractivity contribution in [2.45, 2.75) is 6.92 Å². The Morgan fingerprint density at radius 2 is 1.47 bits per heavy atom. The molecule has 0 atom stereocenters. The van der Waals surface area contributed by atoms with Crippen LogP contribution in [0.1, 0.15) is 12.5 Å². The lowest BCUT2D eigenvalue weighted by Gasteiger charge is -2.25. The van der Waals surface area contributed by atoms with Gasteiger partial charge < -0.3 is 4.90 Å². The van der Waals surface area contributed by atoms with Gasteiger partial charge in [0.05, 0.1) is 10.4 Å². The van der Waals surface area contributed by atoms with Crippen molar-refractivity contribution >= 4 is 80.0 Å². The smallest absolute Gasteiger partial charge is 0.0720 e. The van der Waals surface area contributed by atoms with E-state index in [0.717, 1.165) is 22.5 Å². The summed E-state index contributed by atoms with van der Waals surface area (Å²) in [5.41, 5.74) is 4.29. The molecule has 0 bridgehead atoms. The van der Waals surface area contributed by atoms with Crippen molar-refractivity contribution in [1.82, 2.24) is 4.98 Å². The molecule has 3 heterocycles. The molecule has 0 unspecified atom stereocenters. The number of benzene rings is 3. The maximum Gasteiger partial charge on any atom is 0.0720 e. The minimum absolute atomic E-state index is 0.992. The Kier molecular flexibility index (Phi) is 5.05. The van der Waals surface area contributed by atoms with E-state index in [0.29, 0.717) is 0 Å². The molecule has 3 aromatic heterocycles. The third-order valence-corrected chi connectivity index (χ3v) is 8.54. The van der Waals surface area contributed by atoms with Gasteiger partial charge in [0.15, 0.2) is 0 Å². The normalized spacial score (nSPS) is 11.8. The number of allylic oxidation sites excluding steroid dienone is 3. The Morgan fingerprint density at radius 3 is 2.12 bits per heavy atom. The van der Waals surface area contributed by atoms with E-state index in [9.17, 15) is 0 Å². The molecule has 6 rings (SSSR count). The van der Waals surface area contributed by atoms with E-state index in [1.54, 1.807) is 0 Å². The maximum atomic E-state index is 4.53. The van der Waals surface area contributed by atoms with E-state index in [2.05, 4.69) is 83.7 Å².